The van der Waals surface area contributed by atoms with Gasteiger partial charge in [-0.05, 0) is 37.1 Å². The van der Waals surface area contributed by atoms with Gasteiger partial charge in [0.1, 0.15) is 10.6 Å². The van der Waals surface area contributed by atoms with E-state index in [0.717, 1.165) is 23.2 Å². The van der Waals surface area contributed by atoms with Crippen molar-refractivity contribution in [3.05, 3.63) is 48.5 Å². The molecule has 0 spiro atoms. The molecule has 1 fully saturated rings. The second kappa shape index (κ2) is 7.28. The molecule has 0 aliphatic carbocycles. The lowest BCUT2D eigenvalue weighted by molar-refractivity contribution is -0.142. The third kappa shape index (κ3) is 5.05. The van der Waals surface area contributed by atoms with Crippen molar-refractivity contribution in [3.8, 4) is 0 Å². The van der Waals surface area contributed by atoms with Crippen LogP contribution in [-0.4, -0.2) is 47.3 Å². The number of rotatable bonds is 6. The first-order chi connectivity index (χ1) is 14.2. The number of aliphatic hydroxyl groups is 1. The summed E-state index contributed by atoms with van der Waals surface area (Å²) in [5.41, 5.74) is -2.79. The number of nitrogens with one attached hydrogen (secondary N) is 1. The van der Waals surface area contributed by atoms with E-state index in [-0.39, 0.29) is 29.6 Å². The molecule has 1 aromatic carbocycles. The van der Waals surface area contributed by atoms with Crippen LogP contribution < -0.4 is 10.2 Å². The van der Waals surface area contributed by atoms with Gasteiger partial charge in [0, 0.05) is 44.4 Å². The van der Waals surface area contributed by atoms with Crippen LogP contribution in [0.1, 0.15) is 18.5 Å². The number of carbonyl (C=O) groups is 1. The number of nitrogens with zero attached hydrogens (tertiary/aromatic N) is 3. The Hall–Kier alpha value is -2.51. The van der Waals surface area contributed by atoms with Crippen LogP contribution in [-0.2, 0) is 15.3 Å². The fourth-order valence-corrected chi connectivity index (χ4v) is 3.81. The van der Waals surface area contributed by atoms with Gasteiger partial charge in [-0.1, -0.05) is 19.4 Å². The van der Waals surface area contributed by atoms with Crippen LogP contribution in [0.25, 0.3) is 0 Å². The highest BCUT2D eigenvalue weighted by Crippen LogP contribution is 3.02. The minimum atomic E-state index is -9.86. The molecule has 1 amide bonds. The highest BCUT2D eigenvalue weighted by molar-refractivity contribution is 8.45. The van der Waals surface area contributed by atoms with E-state index in [1.165, 1.54) is 19.4 Å². The summed E-state index contributed by atoms with van der Waals surface area (Å²) in [7, 11) is -8.63. The molecule has 0 saturated carbocycles. The van der Waals surface area contributed by atoms with E-state index < -0.39 is 26.8 Å². The molecule has 1 aliphatic rings. The van der Waals surface area contributed by atoms with Crippen LogP contribution in [0.4, 0.5) is 25.1 Å². The van der Waals surface area contributed by atoms with Gasteiger partial charge in [-0.3, -0.25) is 14.8 Å². The molecule has 1 unspecified atom stereocenters. The maximum absolute atomic E-state index is 13.1. The van der Waals surface area contributed by atoms with Crippen LogP contribution in [0, 0.1) is 0 Å². The van der Waals surface area contributed by atoms with Crippen LogP contribution in [0.3, 0.4) is 0 Å². The maximum atomic E-state index is 13.1. The fraction of sp³-hybridized carbons (Fsp3) is 0.389. The molecule has 1 saturated heterocycles. The van der Waals surface area contributed by atoms with E-state index in [0.29, 0.717) is 26.1 Å². The molecule has 172 valence electrons. The summed E-state index contributed by atoms with van der Waals surface area (Å²) in [6.45, 7) is 0.834. The van der Waals surface area contributed by atoms with Crippen molar-refractivity contribution in [2.75, 3.05) is 25.2 Å². The van der Waals surface area contributed by atoms with Crippen molar-refractivity contribution in [1.29, 1.82) is 0 Å². The van der Waals surface area contributed by atoms with Crippen LogP contribution >= 0.6 is 10.2 Å². The molecule has 13 heteroatoms. The number of amides is 1. The Morgan fingerprint density at radius 2 is 1.77 bits per heavy atom. The molecule has 2 aromatic rings. The molecular weight excluding hydrogens is 447 g/mol. The lowest BCUT2D eigenvalue weighted by Gasteiger charge is -2.41. The minimum Gasteiger partial charge on any atom is -0.381 e. The summed E-state index contributed by atoms with van der Waals surface area (Å²) in [5.74, 6) is -0.890. The molecule has 1 atom stereocenters. The van der Waals surface area contributed by atoms with Crippen LogP contribution in [0.5, 0.6) is 0 Å². The number of likely N-dealkylation sites (N-methyl/N-ethyl adjacent to an activating group) is 1. The highest BCUT2D eigenvalue weighted by atomic mass is 32.5. The van der Waals surface area contributed by atoms with E-state index in [1.54, 1.807) is 0 Å². The van der Waals surface area contributed by atoms with E-state index >= 15 is 0 Å². The Morgan fingerprint density at radius 3 is 2.29 bits per heavy atom. The Balaban J connectivity index is 1.97. The van der Waals surface area contributed by atoms with E-state index in [4.69, 9.17) is 4.74 Å². The Kier molecular flexibility index (Phi) is 5.44. The van der Waals surface area contributed by atoms with Crippen molar-refractivity contribution in [3.63, 3.8) is 0 Å². The van der Waals surface area contributed by atoms with Gasteiger partial charge in [0.15, 0.2) is 0 Å². The molecular formula is C18H21F5N4O3S. The van der Waals surface area contributed by atoms with Crippen molar-refractivity contribution in [2.24, 2.45) is 0 Å². The summed E-state index contributed by atoms with van der Waals surface area (Å²) in [6, 6.07) is 1.61. The van der Waals surface area contributed by atoms with Crippen molar-refractivity contribution in [1.82, 2.24) is 15.3 Å². The van der Waals surface area contributed by atoms with Gasteiger partial charge in [-0.15, -0.1) is 0 Å². The number of benzene rings is 1. The number of hydrogen-bond acceptors (Lipinski definition) is 6. The van der Waals surface area contributed by atoms with Gasteiger partial charge in [-0.25, -0.2) is 0 Å². The van der Waals surface area contributed by atoms with Gasteiger partial charge in [0.25, 0.3) is 11.6 Å². The molecule has 2 heterocycles. The largest absolute Gasteiger partial charge is 0.381 e. The molecule has 31 heavy (non-hydrogen) atoms. The number of carbonyl (C=O) groups excluding carboxylic acids is 1. The maximum Gasteiger partial charge on any atom is 0.310 e. The Labute approximate surface area is 175 Å². The summed E-state index contributed by atoms with van der Waals surface area (Å²) in [4.78, 5) is 19.7. The van der Waals surface area contributed by atoms with Gasteiger partial charge in [0.05, 0.1) is 6.20 Å². The lowest BCUT2D eigenvalue weighted by atomic mass is 10.0. The normalized spacial score (nSPS) is 19.6. The highest BCUT2D eigenvalue weighted by Gasteiger charge is 2.65. The predicted octanol–water partition coefficient (Wildman–Crippen LogP) is 3.71. The van der Waals surface area contributed by atoms with Gasteiger partial charge in [-0.2, -0.15) is 0 Å². The second-order valence-electron chi connectivity index (χ2n) is 7.14. The average Bonchev–Trinajstić information content (AvgIpc) is 2.72. The number of ether oxygens (including phenoxy) is 1. The van der Waals surface area contributed by atoms with Crippen molar-refractivity contribution < 1.29 is 34.1 Å². The first-order valence-corrected chi connectivity index (χ1v) is 11.1. The molecule has 0 radical (unpaired) electrons. The summed E-state index contributed by atoms with van der Waals surface area (Å²) < 4.78 is 70.3. The average molecular weight is 468 g/mol. The topological polar surface area (TPSA) is 87.6 Å². The molecule has 0 bridgehead atoms. The van der Waals surface area contributed by atoms with Crippen LogP contribution in [0.2, 0.25) is 0 Å². The van der Waals surface area contributed by atoms with Crippen molar-refractivity contribution >= 4 is 21.8 Å². The standard InChI is InChI=1S/C18H21F5N4O3S/c1-27(14-2-4-15(5-3-14)31(19,20,21,22)23)18(29,16-12-24-8-9-25-16)17(28)26-13-6-10-30-11-7-13/h2-5,8-9,12-13,29H,6-7,10-11H2,1H3,(H,26,28). The Bertz CT molecular complexity index is 941. The SMILES string of the molecule is CN(c1ccc(S(F)(F)(F)(F)F)cc1)C(O)(C(=O)NC1CCOCC1)c1cnccn1. The van der Waals surface area contributed by atoms with Crippen LogP contribution in [0.15, 0.2) is 47.8 Å². The zero-order valence-corrected chi connectivity index (χ0v) is 17.2. The molecule has 3 rings (SSSR count). The predicted molar refractivity (Wildman–Crippen MR) is 104 cm³/mol. The number of hydrogen-bond donors (Lipinski definition) is 2. The second-order valence-corrected chi connectivity index (χ2v) is 9.55. The summed E-state index contributed by atoms with van der Waals surface area (Å²) in [6.07, 6.45) is 4.68. The van der Waals surface area contributed by atoms with Gasteiger partial charge in [0.2, 0.25) is 0 Å². The van der Waals surface area contributed by atoms with Crippen molar-refractivity contribution in [2.45, 2.75) is 29.5 Å². The zero-order chi connectivity index (χ0) is 23.0. The lowest BCUT2D eigenvalue weighted by Crippen LogP contribution is -2.58. The quantitative estimate of drug-likeness (QED) is 0.497. The smallest absolute Gasteiger partial charge is 0.310 e. The number of halogens is 5. The van der Waals surface area contributed by atoms with Gasteiger partial charge < -0.3 is 20.1 Å². The third-order valence-electron chi connectivity index (χ3n) is 4.95. The minimum absolute atomic E-state index is 0.124. The molecule has 1 aliphatic heterocycles. The summed E-state index contributed by atoms with van der Waals surface area (Å²) in [5, 5.41) is 14.0. The molecule has 2 N–H and O–H groups in total. The third-order valence-corrected chi connectivity index (χ3v) is 6.11. The Morgan fingerprint density at radius 1 is 1.16 bits per heavy atom. The number of anilines is 1. The number of aromatic nitrogens is 2. The zero-order valence-electron chi connectivity index (χ0n) is 16.4. The van der Waals surface area contributed by atoms with Gasteiger partial charge >= 0.3 is 10.2 Å². The van der Waals surface area contributed by atoms with E-state index in [1.807, 2.05) is 0 Å². The summed E-state index contributed by atoms with van der Waals surface area (Å²) >= 11 is 0. The van der Waals surface area contributed by atoms with E-state index in [9.17, 15) is 29.3 Å². The fourth-order valence-electron chi connectivity index (χ4n) is 3.16. The first-order valence-electron chi connectivity index (χ1n) is 9.17. The molecule has 1 aromatic heterocycles. The monoisotopic (exact) mass is 468 g/mol. The first kappa shape index (κ1) is 23.2. The van der Waals surface area contributed by atoms with E-state index in [2.05, 4.69) is 15.3 Å². The molecule has 7 nitrogen and oxygen atoms in total.